The highest BCUT2D eigenvalue weighted by molar-refractivity contribution is 5.94. The molecule has 3 atom stereocenters. The molecule has 6 heteroatoms. The molecule has 1 aromatic heterocycles. The zero-order valence-electron chi connectivity index (χ0n) is 11.8. The molecule has 1 heterocycles. The van der Waals surface area contributed by atoms with Crippen LogP contribution in [0.25, 0.3) is 0 Å². The highest BCUT2D eigenvalue weighted by Crippen LogP contribution is 2.70. The number of carbonyl (C=O) groups is 2. The van der Waals surface area contributed by atoms with Crippen LogP contribution in [0.15, 0.2) is 23.0 Å². The molecular formula is C15H17N3O3. The second kappa shape index (κ2) is 4.19. The Balaban J connectivity index is 1.38. The van der Waals surface area contributed by atoms with Crippen LogP contribution in [-0.4, -0.2) is 16.8 Å². The maximum Gasteiger partial charge on any atom is 0.291 e. The molecule has 1 spiro atoms. The first kappa shape index (κ1) is 12.6. The summed E-state index contributed by atoms with van der Waals surface area (Å²) >= 11 is 0. The lowest BCUT2D eigenvalue weighted by molar-refractivity contribution is -0.126. The van der Waals surface area contributed by atoms with E-state index in [0.717, 1.165) is 6.42 Å². The number of hydrogen-bond donors (Lipinski definition) is 2. The Hall–Kier alpha value is -2.11. The fraction of sp³-hybridized carbons (Fsp3) is 0.533. The highest BCUT2D eigenvalue weighted by atomic mass is 16.3. The lowest BCUT2D eigenvalue weighted by Gasteiger charge is -2.19. The van der Waals surface area contributed by atoms with Crippen LogP contribution in [0.1, 0.15) is 35.5 Å². The van der Waals surface area contributed by atoms with Crippen molar-refractivity contribution in [2.45, 2.75) is 26.2 Å². The Morgan fingerprint density at radius 1 is 1.33 bits per heavy atom. The average molecular weight is 287 g/mol. The lowest BCUT2D eigenvalue weighted by atomic mass is 9.88. The van der Waals surface area contributed by atoms with E-state index in [9.17, 15) is 9.59 Å². The van der Waals surface area contributed by atoms with Crippen molar-refractivity contribution in [3.05, 3.63) is 30.0 Å². The number of carbonyl (C=O) groups excluding carboxylic acids is 2. The Labute approximate surface area is 122 Å². The topological polar surface area (TPSA) is 84.2 Å². The van der Waals surface area contributed by atoms with Crippen molar-refractivity contribution in [2.75, 3.05) is 0 Å². The number of rotatable bonds is 2. The molecule has 110 valence electrons. The second-order valence-corrected chi connectivity index (χ2v) is 6.29. The summed E-state index contributed by atoms with van der Waals surface area (Å²) in [5.41, 5.74) is 5.53. The fourth-order valence-electron chi connectivity index (χ4n) is 4.06. The van der Waals surface area contributed by atoms with E-state index >= 15 is 0 Å². The van der Waals surface area contributed by atoms with Gasteiger partial charge in [0, 0.05) is 5.92 Å². The first-order valence-corrected chi connectivity index (χ1v) is 7.30. The van der Waals surface area contributed by atoms with Crippen molar-refractivity contribution in [3.63, 3.8) is 0 Å². The number of aromatic nitrogens is 1. The van der Waals surface area contributed by atoms with Crippen molar-refractivity contribution < 1.29 is 14.0 Å². The van der Waals surface area contributed by atoms with Gasteiger partial charge in [-0.25, -0.2) is 4.98 Å². The summed E-state index contributed by atoms with van der Waals surface area (Å²) in [6.45, 7) is 1.65. The number of hydrazine groups is 1. The minimum Gasteiger partial charge on any atom is -0.448 e. The van der Waals surface area contributed by atoms with Crippen LogP contribution in [-0.2, 0) is 4.79 Å². The van der Waals surface area contributed by atoms with Crippen molar-refractivity contribution in [2.24, 2.45) is 23.2 Å². The van der Waals surface area contributed by atoms with Crippen LogP contribution in [0.2, 0.25) is 0 Å². The van der Waals surface area contributed by atoms with E-state index in [1.54, 1.807) is 6.92 Å². The first-order chi connectivity index (χ1) is 10.1. The standard InChI is InChI=1S/C15H17N3O3/c1-8-12(16-7-21-8)14(20)18-17-13(19)10-6-9-2-3-11(10)15(9)4-5-15/h2-3,7,9-11H,4-6H2,1H3,(H,17,19)(H,18,20)/t9-,10-,11+/m1/s1. The predicted molar refractivity (Wildman–Crippen MR) is 72.7 cm³/mol. The van der Waals surface area contributed by atoms with E-state index < -0.39 is 5.91 Å². The van der Waals surface area contributed by atoms with Crippen molar-refractivity contribution in [3.8, 4) is 0 Å². The molecule has 0 unspecified atom stereocenters. The lowest BCUT2D eigenvalue weighted by Crippen LogP contribution is -2.45. The van der Waals surface area contributed by atoms with Crippen LogP contribution in [0, 0.1) is 30.1 Å². The summed E-state index contributed by atoms with van der Waals surface area (Å²) in [7, 11) is 0. The maximum atomic E-state index is 12.3. The van der Waals surface area contributed by atoms with E-state index in [2.05, 4.69) is 28.0 Å². The maximum absolute atomic E-state index is 12.3. The minimum absolute atomic E-state index is 0.0267. The van der Waals surface area contributed by atoms with Gasteiger partial charge in [0.2, 0.25) is 5.91 Å². The molecule has 2 amide bonds. The van der Waals surface area contributed by atoms with Crippen LogP contribution in [0.5, 0.6) is 0 Å². The number of hydrogen-bond acceptors (Lipinski definition) is 4. The van der Waals surface area contributed by atoms with E-state index in [4.69, 9.17) is 4.42 Å². The molecule has 2 N–H and O–H groups in total. The van der Waals surface area contributed by atoms with E-state index in [0.29, 0.717) is 23.0 Å². The Kier molecular flexibility index (Phi) is 2.52. The molecule has 2 saturated carbocycles. The van der Waals surface area contributed by atoms with Crippen molar-refractivity contribution in [1.29, 1.82) is 0 Å². The molecule has 1 aromatic rings. The molecule has 2 fully saturated rings. The predicted octanol–water partition coefficient (Wildman–Crippen LogP) is 1.35. The number of allylic oxidation sites excluding steroid dienone is 2. The number of oxazole rings is 1. The fourth-order valence-corrected chi connectivity index (χ4v) is 4.06. The number of aryl methyl sites for hydroxylation is 1. The van der Waals surface area contributed by atoms with Crippen molar-refractivity contribution in [1.82, 2.24) is 15.8 Å². The second-order valence-electron chi connectivity index (χ2n) is 6.29. The van der Waals surface area contributed by atoms with Gasteiger partial charge in [-0.1, -0.05) is 12.2 Å². The third kappa shape index (κ3) is 1.74. The summed E-state index contributed by atoms with van der Waals surface area (Å²) in [6.07, 6.45) is 9.01. The van der Waals surface area contributed by atoms with Gasteiger partial charge in [0.05, 0.1) is 0 Å². The Bertz CT molecular complexity index is 644. The molecule has 2 bridgehead atoms. The smallest absolute Gasteiger partial charge is 0.291 e. The number of nitrogens with one attached hydrogen (secondary N) is 2. The van der Waals surface area contributed by atoms with Gasteiger partial charge >= 0.3 is 0 Å². The summed E-state index contributed by atoms with van der Waals surface area (Å²) in [4.78, 5) is 28.0. The molecule has 0 saturated heterocycles. The van der Waals surface area contributed by atoms with Gasteiger partial charge in [0.25, 0.3) is 5.91 Å². The average Bonchev–Trinajstić information content (AvgIpc) is 2.95. The Morgan fingerprint density at radius 2 is 2.14 bits per heavy atom. The highest BCUT2D eigenvalue weighted by Gasteiger charge is 2.64. The molecule has 0 radical (unpaired) electrons. The summed E-state index contributed by atoms with van der Waals surface area (Å²) in [6, 6.07) is 0. The quantitative estimate of drug-likeness (QED) is 0.635. The molecule has 6 nitrogen and oxygen atoms in total. The zero-order chi connectivity index (χ0) is 14.6. The van der Waals surface area contributed by atoms with Crippen LogP contribution in [0.3, 0.4) is 0 Å². The third-order valence-corrected chi connectivity index (χ3v) is 5.32. The molecule has 21 heavy (non-hydrogen) atoms. The van der Waals surface area contributed by atoms with E-state index in [1.165, 1.54) is 19.2 Å². The monoisotopic (exact) mass is 287 g/mol. The van der Waals surface area contributed by atoms with Gasteiger partial charge in [-0.2, -0.15) is 0 Å². The minimum atomic E-state index is -0.450. The third-order valence-electron chi connectivity index (χ3n) is 5.32. The molecule has 4 rings (SSSR count). The van der Waals surface area contributed by atoms with Gasteiger partial charge in [-0.15, -0.1) is 0 Å². The first-order valence-electron chi connectivity index (χ1n) is 7.30. The summed E-state index contributed by atoms with van der Waals surface area (Å²) in [5.74, 6) is 0.740. The molecule has 0 aromatic carbocycles. The normalized spacial score (nSPS) is 30.6. The van der Waals surface area contributed by atoms with E-state index in [-0.39, 0.29) is 17.5 Å². The van der Waals surface area contributed by atoms with Gasteiger partial charge in [-0.05, 0) is 43.4 Å². The van der Waals surface area contributed by atoms with Crippen LogP contribution < -0.4 is 10.9 Å². The summed E-state index contributed by atoms with van der Waals surface area (Å²) < 4.78 is 4.97. The zero-order valence-corrected chi connectivity index (χ0v) is 11.8. The summed E-state index contributed by atoms with van der Waals surface area (Å²) in [5, 5.41) is 0. The van der Waals surface area contributed by atoms with Gasteiger partial charge in [0.15, 0.2) is 12.1 Å². The van der Waals surface area contributed by atoms with E-state index in [1.807, 2.05) is 0 Å². The number of amides is 2. The van der Waals surface area contributed by atoms with Gasteiger partial charge in [-0.3, -0.25) is 20.4 Å². The SMILES string of the molecule is Cc1ocnc1C(=O)NNC(=O)[C@@H]1C[C@H]2C=C[C@@H]1C21CC1. The largest absolute Gasteiger partial charge is 0.448 e. The van der Waals surface area contributed by atoms with Crippen LogP contribution in [0.4, 0.5) is 0 Å². The molecule has 3 aliphatic carbocycles. The van der Waals surface area contributed by atoms with Gasteiger partial charge in [0.1, 0.15) is 5.76 Å². The molecule has 3 aliphatic rings. The van der Waals surface area contributed by atoms with Gasteiger partial charge < -0.3 is 4.42 Å². The number of nitrogens with zero attached hydrogens (tertiary/aromatic N) is 1. The van der Waals surface area contributed by atoms with Crippen molar-refractivity contribution >= 4 is 11.8 Å². The molecular weight excluding hydrogens is 270 g/mol. The molecule has 0 aliphatic heterocycles. The Morgan fingerprint density at radius 3 is 2.76 bits per heavy atom. The van der Waals surface area contributed by atoms with Crippen LogP contribution >= 0.6 is 0 Å².